The largest absolute Gasteiger partial charge is 0.351 e. The number of amides is 1. The number of halogens is 3. The van der Waals surface area contributed by atoms with Gasteiger partial charge in [-0.2, -0.15) is 5.10 Å². The van der Waals surface area contributed by atoms with Crippen LogP contribution in [0.25, 0.3) is 0 Å². The van der Waals surface area contributed by atoms with Gasteiger partial charge in [0.1, 0.15) is 12.2 Å². The first-order valence-corrected chi connectivity index (χ1v) is 12.0. The van der Waals surface area contributed by atoms with Gasteiger partial charge in [-0.3, -0.25) is 9.48 Å². The van der Waals surface area contributed by atoms with Crippen LogP contribution in [-0.2, 0) is 11.3 Å². The zero-order chi connectivity index (χ0) is 20.3. The van der Waals surface area contributed by atoms with E-state index in [2.05, 4.69) is 33.3 Å². The first kappa shape index (κ1) is 20.0. The van der Waals surface area contributed by atoms with Gasteiger partial charge in [0.25, 0.3) is 6.43 Å². The molecule has 5 saturated carbocycles. The van der Waals surface area contributed by atoms with Gasteiger partial charge >= 0.3 is 0 Å². The van der Waals surface area contributed by atoms with E-state index >= 15 is 0 Å². The standard InChI is InChI=1S/C22H30BrF2N3O/c1-2-16(22-8-12-5-13(9-22)7-14(6-12)10-22)26-17(29)11-28-20(15-3-4-15)18(23)19(27-28)21(24)25/h12-16,21H,2-11H2,1H3,(H,26,29). The number of nitrogens with zero attached hydrogens (tertiary/aromatic N) is 2. The molecule has 1 N–H and O–H groups in total. The summed E-state index contributed by atoms with van der Waals surface area (Å²) in [5, 5.41) is 7.41. The predicted molar refractivity (Wildman–Crippen MR) is 110 cm³/mol. The SMILES string of the molecule is CCC(NC(=O)Cn1nc(C(F)F)c(Br)c1C1CC1)C12CC3CC(CC(C3)C1)C2. The zero-order valence-corrected chi connectivity index (χ0v) is 18.6. The highest BCUT2D eigenvalue weighted by Crippen LogP contribution is 2.61. The number of carbonyl (C=O) groups is 1. The van der Waals surface area contributed by atoms with Gasteiger partial charge in [-0.25, -0.2) is 8.78 Å². The molecule has 29 heavy (non-hydrogen) atoms. The predicted octanol–water partition coefficient (Wildman–Crippen LogP) is 5.57. The maximum absolute atomic E-state index is 13.3. The van der Waals surface area contributed by atoms with Crippen molar-refractivity contribution in [3.8, 4) is 0 Å². The maximum Gasteiger partial charge on any atom is 0.283 e. The van der Waals surface area contributed by atoms with E-state index in [1.54, 1.807) is 0 Å². The summed E-state index contributed by atoms with van der Waals surface area (Å²) in [7, 11) is 0. The van der Waals surface area contributed by atoms with E-state index in [0.29, 0.717) is 4.47 Å². The van der Waals surface area contributed by atoms with Crippen molar-refractivity contribution in [3.63, 3.8) is 0 Å². The Morgan fingerprint density at radius 2 is 1.79 bits per heavy atom. The van der Waals surface area contributed by atoms with Crippen molar-refractivity contribution in [1.29, 1.82) is 0 Å². The second-order valence-corrected chi connectivity index (χ2v) is 10.9. The van der Waals surface area contributed by atoms with E-state index in [9.17, 15) is 13.6 Å². The molecule has 0 aromatic carbocycles. The number of nitrogens with one attached hydrogen (secondary N) is 1. The zero-order valence-electron chi connectivity index (χ0n) is 17.0. The lowest BCUT2D eigenvalue weighted by Crippen LogP contribution is -2.57. The molecular formula is C22H30BrF2N3O. The third-order valence-electron chi connectivity index (χ3n) is 7.99. The molecule has 1 heterocycles. The van der Waals surface area contributed by atoms with Gasteiger partial charge in [-0.1, -0.05) is 6.92 Å². The Bertz CT molecular complexity index is 769. The third-order valence-corrected chi connectivity index (χ3v) is 8.80. The van der Waals surface area contributed by atoms with Crippen LogP contribution in [0.1, 0.15) is 88.4 Å². The first-order chi connectivity index (χ1) is 13.9. The molecule has 5 aliphatic carbocycles. The van der Waals surface area contributed by atoms with Crippen molar-refractivity contribution in [3.05, 3.63) is 15.9 Å². The maximum atomic E-state index is 13.3. The average molecular weight is 470 g/mol. The fraction of sp³-hybridized carbons (Fsp3) is 0.818. The molecule has 0 aliphatic heterocycles. The number of rotatable bonds is 7. The molecule has 1 aromatic heterocycles. The highest BCUT2D eigenvalue weighted by Gasteiger charge is 2.54. The number of aromatic nitrogens is 2. The van der Waals surface area contributed by atoms with E-state index in [0.717, 1.165) is 42.7 Å². The van der Waals surface area contributed by atoms with E-state index in [1.165, 1.54) is 43.2 Å². The fourth-order valence-corrected chi connectivity index (χ4v) is 7.93. The summed E-state index contributed by atoms with van der Waals surface area (Å²) in [4.78, 5) is 13.0. The Balaban J connectivity index is 1.32. The van der Waals surface area contributed by atoms with Crippen molar-refractivity contribution in [2.24, 2.45) is 23.2 Å². The van der Waals surface area contributed by atoms with Crippen LogP contribution in [0, 0.1) is 23.2 Å². The van der Waals surface area contributed by atoms with Crippen molar-refractivity contribution in [2.75, 3.05) is 0 Å². The quantitative estimate of drug-likeness (QED) is 0.566. The summed E-state index contributed by atoms with van der Waals surface area (Å²) in [6, 6.07) is 0.182. The van der Waals surface area contributed by atoms with Crippen LogP contribution in [0.4, 0.5) is 8.78 Å². The van der Waals surface area contributed by atoms with Crippen LogP contribution in [0.5, 0.6) is 0 Å². The number of hydrogen-bond acceptors (Lipinski definition) is 2. The molecule has 5 aliphatic rings. The van der Waals surface area contributed by atoms with Gasteiger partial charge in [0.05, 0.1) is 10.2 Å². The lowest BCUT2D eigenvalue weighted by atomic mass is 9.47. The smallest absolute Gasteiger partial charge is 0.283 e. The van der Waals surface area contributed by atoms with Crippen LogP contribution < -0.4 is 5.32 Å². The molecule has 4 nitrogen and oxygen atoms in total. The van der Waals surface area contributed by atoms with E-state index in [-0.39, 0.29) is 35.5 Å². The molecule has 1 aromatic rings. The third kappa shape index (κ3) is 3.55. The van der Waals surface area contributed by atoms with E-state index in [1.807, 2.05) is 0 Å². The van der Waals surface area contributed by atoms with Gasteiger partial charge < -0.3 is 5.32 Å². The van der Waals surface area contributed by atoms with Crippen molar-refractivity contribution >= 4 is 21.8 Å². The highest BCUT2D eigenvalue weighted by molar-refractivity contribution is 9.10. The van der Waals surface area contributed by atoms with Crippen LogP contribution in [0.2, 0.25) is 0 Å². The van der Waals surface area contributed by atoms with Crippen molar-refractivity contribution < 1.29 is 13.6 Å². The molecule has 0 radical (unpaired) electrons. The van der Waals surface area contributed by atoms with Crippen LogP contribution >= 0.6 is 15.9 Å². The number of alkyl halides is 2. The molecule has 1 amide bonds. The Morgan fingerprint density at radius 1 is 1.21 bits per heavy atom. The Morgan fingerprint density at radius 3 is 2.28 bits per heavy atom. The normalized spacial score (nSPS) is 34.0. The molecule has 1 unspecified atom stereocenters. The van der Waals surface area contributed by atoms with E-state index < -0.39 is 6.43 Å². The summed E-state index contributed by atoms with van der Waals surface area (Å²) >= 11 is 3.31. The Labute approximate surface area is 179 Å². The summed E-state index contributed by atoms with van der Waals surface area (Å²) in [6.45, 7) is 2.19. The molecule has 0 saturated heterocycles. The summed E-state index contributed by atoms with van der Waals surface area (Å²) in [5.74, 6) is 2.66. The van der Waals surface area contributed by atoms with Gasteiger partial charge in [-0.15, -0.1) is 0 Å². The van der Waals surface area contributed by atoms with E-state index in [4.69, 9.17) is 0 Å². The highest BCUT2D eigenvalue weighted by atomic mass is 79.9. The minimum atomic E-state index is -2.64. The average Bonchev–Trinajstić information content (AvgIpc) is 3.42. The lowest BCUT2D eigenvalue weighted by molar-refractivity contribution is -0.127. The van der Waals surface area contributed by atoms with Crippen LogP contribution in [0.15, 0.2) is 4.47 Å². The first-order valence-electron chi connectivity index (χ1n) is 11.2. The topological polar surface area (TPSA) is 46.9 Å². The fourth-order valence-electron chi connectivity index (χ4n) is 7.15. The molecule has 1 atom stereocenters. The summed E-state index contributed by atoms with van der Waals surface area (Å²) in [5.41, 5.74) is 0.767. The van der Waals surface area contributed by atoms with Gasteiger partial charge in [-0.05, 0) is 96.9 Å². The molecule has 160 valence electrons. The Hall–Kier alpha value is -0.980. The van der Waals surface area contributed by atoms with Crippen molar-refractivity contribution in [1.82, 2.24) is 15.1 Å². The van der Waals surface area contributed by atoms with Gasteiger partial charge in [0, 0.05) is 12.0 Å². The minimum absolute atomic E-state index is 0.0278. The summed E-state index contributed by atoms with van der Waals surface area (Å²) < 4.78 is 28.6. The van der Waals surface area contributed by atoms with Crippen LogP contribution in [-0.4, -0.2) is 21.7 Å². The molecule has 0 spiro atoms. The number of carbonyl (C=O) groups excluding carboxylic acids is 1. The second kappa shape index (κ2) is 7.31. The molecule has 4 bridgehead atoms. The molecule has 6 rings (SSSR count). The number of hydrogen-bond donors (Lipinski definition) is 1. The molecule has 5 fully saturated rings. The van der Waals surface area contributed by atoms with Gasteiger partial charge in [0.2, 0.25) is 5.91 Å². The molecular weight excluding hydrogens is 440 g/mol. The second-order valence-electron chi connectivity index (χ2n) is 10.1. The minimum Gasteiger partial charge on any atom is -0.351 e. The van der Waals surface area contributed by atoms with Crippen LogP contribution in [0.3, 0.4) is 0 Å². The Kier molecular flexibility index (Phi) is 5.03. The summed E-state index contributed by atoms with van der Waals surface area (Å²) in [6.07, 6.45) is 8.11. The molecule has 7 heteroatoms. The monoisotopic (exact) mass is 469 g/mol. The van der Waals surface area contributed by atoms with Crippen molar-refractivity contribution in [2.45, 2.75) is 89.6 Å². The van der Waals surface area contributed by atoms with Gasteiger partial charge in [0.15, 0.2) is 0 Å². The lowest BCUT2D eigenvalue weighted by Gasteiger charge is -2.59.